The smallest absolute Gasteiger partial charge is 0.193 e. The van der Waals surface area contributed by atoms with Crippen LogP contribution >= 0.6 is 24.0 Å². The largest absolute Gasteiger partial charge is 0.381 e. The number of hydrogen-bond donors (Lipinski definition) is 1. The van der Waals surface area contributed by atoms with Crippen LogP contribution in [0.5, 0.6) is 0 Å². The molecule has 23 heavy (non-hydrogen) atoms. The first-order valence-corrected chi connectivity index (χ1v) is 8.48. The second-order valence-electron chi connectivity index (χ2n) is 6.45. The summed E-state index contributed by atoms with van der Waals surface area (Å²) >= 11 is 0. The average Bonchev–Trinajstić information content (AvgIpc) is 2.54. The van der Waals surface area contributed by atoms with Crippen molar-refractivity contribution < 1.29 is 9.47 Å². The number of morpholine rings is 1. The average molecular weight is 440 g/mol. The highest BCUT2D eigenvalue weighted by Crippen LogP contribution is 2.18. The summed E-state index contributed by atoms with van der Waals surface area (Å²) in [6.45, 7) is 6.53. The van der Waals surface area contributed by atoms with Crippen LogP contribution in [0.3, 0.4) is 0 Å². The summed E-state index contributed by atoms with van der Waals surface area (Å²) in [7, 11) is 6.11. The number of guanidine groups is 1. The van der Waals surface area contributed by atoms with Gasteiger partial charge in [-0.2, -0.15) is 0 Å². The van der Waals surface area contributed by atoms with Gasteiger partial charge in [0.25, 0.3) is 0 Å². The van der Waals surface area contributed by atoms with E-state index in [9.17, 15) is 0 Å². The lowest BCUT2D eigenvalue weighted by Crippen LogP contribution is -2.48. The first kappa shape index (κ1) is 20.9. The zero-order valence-electron chi connectivity index (χ0n) is 14.8. The Balaban J connectivity index is 0.00000264. The van der Waals surface area contributed by atoms with Gasteiger partial charge in [0.15, 0.2) is 5.96 Å². The Morgan fingerprint density at radius 3 is 2.70 bits per heavy atom. The molecule has 2 heterocycles. The van der Waals surface area contributed by atoms with Crippen LogP contribution < -0.4 is 5.32 Å². The molecule has 0 aromatic carbocycles. The number of rotatable bonds is 5. The van der Waals surface area contributed by atoms with E-state index in [1.807, 2.05) is 7.05 Å². The zero-order chi connectivity index (χ0) is 15.8. The Kier molecular flexibility index (Phi) is 10.4. The molecule has 2 aliphatic rings. The molecule has 136 valence electrons. The van der Waals surface area contributed by atoms with Crippen LogP contribution in [0.2, 0.25) is 0 Å². The number of halogens is 1. The molecule has 0 aromatic rings. The minimum absolute atomic E-state index is 0. The van der Waals surface area contributed by atoms with Gasteiger partial charge < -0.3 is 24.6 Å². The maximum Gasteiger partial charge on any atom is 0.193 e. The summed E-state index contributed by atoms with van der Waals surface area (Å²) < 4.78 is 11.2. The number of nitrogens with one attached hydrogen (secondary N) is 1. The third kappa shape index (κ3) is 7.53. The minimum atomic E-state index is 0. The van der Waals surface area contributed by atoms with Gasteiger partial charge in [0, 0.05) is 53.5 Å². The Morgan fingerprint density at radius 2 is 2.04 bits per heavy atom. The van der Waals surface area contributed by atoms with Gasteiger partial charge in [0.2, 0.25) is 0 Å². The van der Waals surface area contributed by atoms with Gasteiger partial charge >= 0.3 is 0 Å². The van der Waals surface area contributed by atoms with Gasteiger partial charge in [-0.1, -0.05) is 0 Å². The lowest BCUT2D eigenvalue weighted by Gasteiger charge is -2.32. The second-order valence-corrected chi connectivity index (χ2v) is 6.45. The molecule has 2 rings (SSSR count). The van der Waals surface area contributed by atoms with Gasteiger partial charge in [-0.05, 0) is 32.2 Å². The second kappa shape index (κ2) is 11.4. The van der Waals surface area contributed by atoms with E-state index in [4.69, 9.17) is 9.47 Å². The summed E-state index contributed by atoms with van der Waals surface area (Å²) in [6.07, 6.45) is 3.85. The third-order valence-electron chi connectivity index (χ3n) is 4.62. The number of likely N-dealkylation sites (N-methyl/N-ethyl adjacent to an activating group) is 1. The quantitative estimate of drug-likeness (QED) is 0.397. The predicted molar refractivity (Wildman–Crippen MR) is 105 cm³/mol. The lowest BCUT2D eigenvalue weighted by molar-refractivity contribution is -0.0163. The minimum Gasteiger partial charge on any atom is -0.381 e. The third-order valence-corrected chi connectivity index (χ3v) is 4.62. The molecule has 0 bridgehead atoms. The molecular weight excluding hydrogens is 407 g/mol. The predicted octanol–water partition coefficient (Wildman–Crippen LogP) is 1.26. The van der Waals surface area contributed by atoms with E-state index in [1.165, 1.54) is 19.3 Å². The standard InChI is InChI=1S/C16H32N4O2.HI/c1-17-16(18-12-15-13-19(2)8-11-22-15)20(3)7-4-14-5-9-21-10-6-14;/h14-15H,4-13H2,1-3H3,(H,17,18);1H. The highest BCUT2D eigenvalue weighted by molar-refractivity contribution is 14.0. The topological polar surface area (TPSA) is 49.3 Å². The molecular formula is C16H33IN4O2. The van der Waals surface area contributed by atoms with Crippen molar-refractivity contribution in [2.75, 3.05) is 67.1 Å². The fraction of sp³-hybridized carbons (Fsp3) is 0.938. The van der Waals surface area contributed by atoms with E-state index in [0.717, 1.165) is 57.9 Å². The monoisotopic (exact) mass is 440 g/mol. The Bertz CT molecular complexity index is 351. The number of nitrogens with zero attached hydrogens (tertiary/aromatic N) is 3. The molecule has 0 spiro atoms. The van der Waals surface area contributed by atoms with Crippen molar-refractivity contribution in [3.8, 4) is 0 Å². The van der Waals surface area contributed by atoms with Crippen molar-refractivity contribution in [2.45, 2.75) is 25.4 Å². The first-order chi connectivity index (χ1) is 10.7. The van der Waals surface area contributed by atoms with Crippen LogP contribution in [-0.4, -0.2) is 89.0 Å². The lowest BCUT2D eigenvalue weighted by atomic mass is 9.96. The Labute approximate surface area is 158 Å². The van der Waals surface area contributed by atoms with E-state index in [0.29, 0.717) is 0 Å². The van der Waals surface area contributed by atoms with Crippen molar-refractivity contribution >= 4 is 29.9 Å². The number of aliphatic imine (C=N–C) groups is 1. The van der Waals surface area contributed by atoms with E-state index in [-0.39, 0.29) is 30.1 Å². The van der Waals surface area contributed by atoms with Crippen LogP contribution in [-0.2, 0) is 9.47 Å². The van der Waals surface area contributed by atoms with Crippen molar-refractivity contribution in [3.63, 3.8) is 0 Å². The van der Waals surface area contributed by atoms with E-state index >= 15 is 0 Å². The summed E-state index contributed by atoms with van der Waals surface area (Å²) in [5.74, 6) is 1.76. The molecule has 0 amide bonds. The van der Waals surface area contributed by atoms with Gasteiger partial charge in [0.1, 0.15) is 0 Å². The molecule has 0 aromatic heterocycles. The Morgan fingerprint density at radius 1 is 1.30 bits per heavy atom. The molecule has 2 saturated heterocycles. The zero-order valence-corrected chi connectivity index (χ0v) is 17.1. The van der Waals surface area contributed by atoms with Crippen LogP contribution in [0.25, 0.3) is 0 Å². The van der Waals surface area contributed by atoms with Crippen molar-refractivity contribution in [3.05, 3.63) is 0 Å². The van der Waals surface area contributed by atoms with Crippen molar-refractivity contribution in [1.29, 1.82) is 0 Å². The number of hydrogen-bond acceptors (Lipinski definition) is 4. The van der Waals surface area contributed by atoms with Gasteiger partial charge in [0.05, 0.1) is 12.7 Å². The van der Waals surface area contributed by atoms with E-state index in [2.05, 4.69) is 34.2 Å². The van der Waals surface area contributed by atoms with Crippen molar-refractivity contribution in [2.24, 2.45) is 10.9 Å². The van der Waals surface area contributed by atoms with Crippen LogP contribution in [0.1, 0.15) is 19.3 Å². The summed E-state index contributed by atoms with van der Waals surface area (Å²) in [4.78, 5) is 8.93. The summed E-state index contributed by atoms with van der Waals surface area (Å²) in [5.41, 5.74) is 0. The number of ether oxygens (including phenoxy) is 2. The summed E-state index contributed by atoms with van der Waals surface area (Å²) in [6, 6.07) is 0. The van der Waals surface area contributed by atoms with E-state index < -0.39 is 0 Å². The molecule has 2 fully saturated rings. The van der Waals surface area contributed by atoms with Crippen molar-refractivity contribution in [1.82, 2.24) is 15.1 Å². The highest BCUT2D eigenvalue weighted by Gasteiger charge is 2.19. The fourth-order valence-electron chi connectivity index (χ4n) is 3.10. The molecule has 0 radical (unpaired) electrons. The molecule has 0 saturated carbocycles. The van der Waals surface area contributed by atoms with Gasteiger partial charge in [-0.15, -0.1) is 24.0 Å². The molecule has 1 unspecified atom stereocenters. The highest BCUT2D eigenvalue weighted by atomic mass is 127. The fourth-order valence-corrected chi connectivity index (χ4v) is 3.10. The summed E-state index contributed by atoms with van der Waals surface area (Å²) in [5, 5.41) is 3.45. The maximum absolute atomic E-state index is 5.79. The SMILES string of the molecule is CN=C(NCC1CN(C)CCO1)N(C)CCC1CCOCC1.I. The molecule has 6 nitrogen and oxygen atoms in total. The van der Waals surface area contributed by atoms with Crippen LogP contribution in [0.15, 0.2) is 4.99 Å². The molecule has 7 heteroatoms. The van der Waals surface area contributed by atoms with Gasteiger partial charge in [-0.25, -0.2) is 0 Å². The van der Waals surface area contributed by atoms with Crippen LogP contribution in [0, 0.1) is 5.92 Å². The van der Waals surface area contributed by atoms with Crippen LogP contribution in [0.4, 0.5) is 0 Å². The molecule has 1 atom stereocenters. The Hall–Kier alpha value is -0.120. The first-order valence-electron chi connectivity index (χ1n) is 8.48. The normalized spacial score (nSPS) is 24.1. The molecule has 0 aliphatic carbocycles. The molecule has 2 aliphatic heterocycles. The van der Waals surface area contributed by atoms with Gasteiger partial charge in [-0.3, -0.25) is 4.99 Å². The van der Waals surface area contributed by atoms with E-state index in [1.54, 1.807) is 0 Å². The molecule has 1 N–H and O–H groups in total. The maximum atomic E-state index is 5.79.